The van der Waals surface area contributed by atoms with Gasteiger partial charge in [0.15, 0.2) is 0 Å². The third-order valence-corrected chi connectivity index (χ3v) is 6.54. The number of nitrogens with zero attached hydrogens (tertiary/aromatic N) is 1. The number of hydrogen-bond donors (Lipinski definition) is 1. The molecule has 26 heavy (non-hydrogen) atoms. The summed E-state index contributed by atoms with van der Waals surface area (Å²) in [5.74, 6) is -0.304. The molecule has 0 aliphatic carbocycles. The van der Waals surface area contributed by atoms with Gasteiger partial charge < -0.3 is 4.90 Å². The SMILES string of the molecule is CCCN1CCC(c2ccc(NS(=O)(=O)c3ccc(Br)cc3F)cc2)C1. The maximum Gasteiger partial charge on any atom is 0.264 e. The van der Waals surface area contributed by atoms with Crippen LogP contribution in [0.15, 0.2) is 51.8 Å². The summed E-state index contributed by atoms with van der Waals surface area (Å²) < 4.78 is 41.7. The molecule has 7 heteroatoms. The predicted octanol–water partition coefficient (Wildman–Crippen LogP) is 4.59. The molecule has 0 saturated carbocycles. The number of benzene rings is 2. The third kappa shape index (κ3) is 4.45. The summed E-state index contributed by atoms with van der Waals surface area (Å²) in [4.78, 5) is 2.09. The third-order valence-electron chi connectivity index (χ3n) is 4.63. The fraction of sp³-hybridized carbons (Fsp3) is 0.368. The monoisotopic (exact) mass is 440 g/mol. The number of anilines is 1. The maximum atomic E-state index is 14.0. The second-order valence-corrected chi connectivity index (χ2v) is 9.15. The molecule has 2 aromatic rings. The first-order chi connectivity index (χ1) is 12.4. The van der Waals surface area contributed by atoms with Crippen LogP contribution in [-0.2, 0) is 10.0 Å². The predicted molar refractivity (Wildman–Crippen MR) is 105 cm³/mol. The number of rotatable bonds is 6. The highest BCUT2D eigenvalue weighted by molar-refractivity contribution is 9.10. The summed E-state index contributed by atoms with van der Waals surface area (Å²) in [5, 5.41) is 0. The van der Waals surface area contributed by atoms with Crippen molar-refractivity contribution in [1.29, 1.82) is 0 Å². The van der Waals surface area contributed by atoms with Crippen LogP contribution in [-0.4, -0.2) is 33.0 Å². The van der Waals surface area contributed by atoms with Crippen LogP contribution >= 0.6 is 15.9 Å². The van der Waals surface area contributed by atoms with Gasteiger partial charge in [0, 0.05) is 16.7 Å². The molecule has 4 nitrogen and oxygen atoms in total. The van der Waals surface area contributed by atoms with Crippen molar-refractivity contribution in [3.05, 3.63) is 58.3 Å². The molecule has 0 amide bonds. The minimum atomic E-state index is -3.96. The highest BCUT2D eigenvalue weighted by atomic mass is 79.9. The Bertz CT molecular complexity index is 872. The molecule has 3 rings (SSSR count). The summed E-state index contributed by atoms with van der Waals surface area (Å²) in [6, 6.07) is 11.3. The minimum Gasteiger partial charge on any atom is -0.303 e. The van der Waals surface area contributed by atoms with Crippen molar-refractivity contribution in [2.75, 3.05) is 24.4 Å². The summed E-state index contributed by atoms with van der Waals surface area (Å²) in [6.07, 6.45) is 2.27. The first-order valence-corrected chi connectivity index (χ1v) is 11.0. The fourth-order valence-corrected chi connectivity index (χ4v) is 4.80. The average Bonchev–Trinajstić information content (AvgIpc) is 3.04. The second-order valence-electron chi connectivity index (χ2n) is 6.59. The van der Waals surface area contributed by atoms with E-state index in [9.17, 15) is 12.8 Å². The molecule has 0 spiro atoms. The quantitative estimate of drug-likeness (QED) is 0.714. The molecule has 1 heterocycles. The molecule has 1 saturated heterocycles. The van der Waals surface area contributed by atoms with E-state index < -0.39 is 15.8 Å². The lowest BCUT2D eigenvalue weighted by Gasteiger charge is -2.15. The Morgan fingerprint density at radius 3 is 2.62 bits per heavy atom. The number of sulfonamides is 1. The average molecular weight is 441 g/mol. The van der Waals surface area contributed by atoms with Gasteiger partial charge in [-0.2, -0.15) is 0 Å². The van der Waals surface area contributed by atoms with Crippen molar-refractivity contribution in [2.24, 2.45) is 0 Å². The fourth-order valence-electron chi connectivity index (χ4n) is 3.35. The van der Waals surface area contributed by atoms with Crippen molar-refractivity contribution in [3.63, 3.8) is 0 Å². The van der Waals surface area contributed by atoms with Gasteiger partial charge in [0.25, 0.3) is 10.0 Å². The van der Waals surface area contributed by atoms with Crippen LogP contribution in [0, 0.1) is 5.82 Å². The van der Waals surface area contributed by atoms with Crippen LogP contribution in [0.4, 0.5) is 10.1 Å². The van der Waals surface area contributed by atoms with E-state index >= 15 is 0 Å². The standard InChI is InChI=1S/C19H22BrFN2O2S/c1-2-10-23-11-9-15(13-23)14-3-6-17(7-4-14)22-26(24,25)19-8-5-16(20)12-18(19)21/h3-8,12,15,22H,2,9-11,13H2,1H3. The molecule has 1 aliphatic heterocycles. The molecule has 1 unspecified atom stereocenters. The van der Waals surface area contributed by atoms with Crippen molar-refractivity contribution in [1.82, 2.24) is 4.90 Å². The van der Waals surface area contributed by atoms with E-state index in [2.05, 4.69) is 32.5 Å². The molecular formula is C19H22BrFN2O2S. The van der Waals surface area contributed by atoms with E-state index in [-0.39, 0.29) is 4.90 Å². The lowest BCUT2D eigenvalue weighted by Crippen LogP contribution is -2.20. The Hall–Kier alpha value is -1.44. The topological polar surface area (TPSA) is 49.4 Å². The van der Waals surface area contributed by atoms with Crippen LogP contribution in [0.2, 0.25) is 0 Å². The van der Waals surface area contributed by atoms with E-state index in [4.69, 9.17) is 0 Å². The number of halogens is 2. The molecule has 0 aromatic heterocycles. The first kappa shape index (κ1) is 19.3. The van der Waals surface area contributed by atoms with E-state index in [1.165, 1.54) is 17.7 Å². The molecular weight excluding hydrogens is 419 g/mol. The van der Waals surface area contributed by atoms with Crippen LogP contribution in [0.5, 0.6) is 0 Å². The molecule has 1 N–H and O–H groups in total. The van der Waals surface area contributed by atoms with Gasteiger partial charge in [-0.25, -0.2) is 12.8 Å². The molecule has 0 radical (unpaired) electrons. The Labute approximate surface area is 162 Å². The van der Waals surface area contributed by atoms with Gasteiger partial charge >= 0.3 is 0 Å². The molecule has 1 fully saturated rings. The lowest BCUT2D eigenvalue weighted by molar-refractivity contribution is 0.335. The van der Waals surface area contributed by atoms with Gasteiger partial charge in [-0.3, -0.25) is 4.72 Å². The van der Waals surface area contributed by atoms with Gasteiger partial charge in [0.1, 0.15) is 10.7 Å². The molecule has 2 aromatic carbocycles. The number of hydrogen-bond acceptors (Lipinski definition) is 3. The molecule has 140 valence electrons. The van der Waals surface area contributed by atoms with E-state index in [1.54, 1.807) is 12.1 Å². The Balaban J connectivity index is 1.71. The maximum absolute atomic E-state index is 14.0. The Kier molecular flexibility index (Phi) is 5.99. The minimum absolute atomic E-state index is 0.365. The van der Waals surface area contributed by atoms with Crippen LogP contribution in [0.3, 0.4) is 0 Å². The Morgan fingerprint density at radius 1 is 1.23 bits per heavy atom. The normalized spacial score (nSPS) is 18.2. The zero-order valence-electron chi connectivity index (χ0n) is 14.6. The highest BCUT2D eigenvalue weighted by Gasteiger charge is 2.23. The van der Waals surface area contributed by atoms with Crippen LogP contribution < -0.4 is 4.72 Å². The van der Waals surface area contributed by atoms with E-state index in [0.717, 1.165) is 38.5 Å². The van der Waals surface area contributed by atoms with E-state index in [1.807, 2.05) is 12.1 Å². The van der Waals surface area contributed by atoms with Crippen molar-refractivity contribution in [3.8, 4) is 0 Å². The summed E-state index contributed by atoms with van der Waals surface area (Å²) >= 11 is 3.13. The highest BCUT2D eigenvalue weighted by Crippen LogP contribution is 2.29. The summed E-state index contributed by atoms with van der Waals surface area (Å²) in [7, 11) is -3.96. The largest absolute Gasteiger partial charge is 0.303 e. The smallest absolute Gasteiger partial charge is 0.264 e. The van der Waals surface area contributed by atoms with Crippen molar-refractivity contribution < 1.29 is 12.8 Å². The number of nitrogens with one attached hydrogen (secondary N) is 1. The first-order valence-electron chi connectivity index (χ1n) is 8.69. The van der Waals surface area contributed by atoms with Gasteiger partial charge in [0.05, 0.1) is 0 Å². The lowest BCUT2D eigenvalue weighted by atomic mass is 9.98. The zero-order chi connectivity index (χ0) is 18.7. The molecule has 0 bridgehead atoms. The van der Waals surface area contributed by atoms with Gasteiger partial charge in [-0.05, 0) is 67.7 Å². The van der Waals surface area contributed by atoms with Crippen molar-refractivity contribution >= 4 is 31.6 Å². The molecule has 1 atom stereocenters. The van der Waals surface area contributed by atoms with Crippen LogP contribution in [0.1, 0.15) is 31.2 Å². The summed E-state index contributed by atoms with van der Waals surface area (Å²) in [6.45, 7) is 5.45. The zero-order valence-corrected chi connectivity index (χ0v) is 17.0. The summed E-state index contributed by atoms with van der Waals surface area (Å²) in [5.41, 5.74) is 1.64. The Morgan fingerprint density at radius 2 is 1.96 bits per heavy atom. The van der Waals surface area contributed by atoms with Gasteiger partial charge in [0.2, 0.25) is 0 Å². The van der Waals surface area contributed by atoms with E-state index in [0.29, 0.717) is 16.1 Å². The van der Waals surface area contributed by atoms with Gasteiger partial charge in [-0.1, -0.05) is 35.0 Å². The van der Waals surface area contributed by atoms with Crippen LogP contribution in [0.25, 0.3) is 0 Å². The number of likely N-dealkylation sites (tertiary alicyclic amines) is 1. The second kappa shape index (κ2) is 8.06. The molecule has 1 aliphatic rings. The van der Waals surface area contributed by atoms with Gasteiger partial charge in [-0.15, -0.1) is 0 Å². The van der Waals surface area contributed by atoms with Crippen molar-refractivity contribution in [2.45, 2.75) is 30.6 Å².